The van der Waals surface area contributed by atoms with Crippen LogP contribution < -0.4 is 0 Å². The van der Waals surface area contributed by atoms with Gasteiger partial charge in [0.05, 0.1) is 11.5 Å². The van der Waals surface area contributed by atoms with E-state index >= 15 is 0 Å². The first-order valence-electron chi connectivity index (χ1n) is 6.12. The maximum absolute atomic E-state index is 11.1. The second kappa shape index (κ2) is 6.79. The first-order chi connectivity index (χ1) is 8.56. The second-order valence-corrected chi connectivity index (χ2v) is 4.28. The summed E-state index contributed by atoms with van der Waals surface area (Å²) in [5, 5.41) is 18.0. The highest BCUT2D eigenvalue weighted by Crippen LogP contribution is 2.24. The zero-order valence-electron chi connectivity index (χ0n) is 10.4. The lowest BCUT2D eigenvalue weighted by Crippen LogP contribution is -2.17. The van der Waals surface area contributed by atoms with Gasteiger partial charge in [-0.1, -0.05) is 38.0 Å². The largest absolute Gasteiger partial charge is 0.481 e. The van der Waals surface area contributed by atoms with Gasteiger partial charge in [-0.25, -0.2) is 4.79 Å². The lowest BCUT2D eigenvalue weighted by atomic mass is 9.90. The van der Waals surface area contributed by atoms with E-state index in [1.165, 1.54) is 18.2 Å². The molecule has 1 aliphatic carbocycles. The molecule has 0 aromatic heterocycles. The highest BCUT2D eigenvalue weighted by Gasteiger charge is 2.22. The summed E-state index contributed by atoms with van der Waals surface area (Å²) >= 11 is 0. The zero-order valence-corrected chi connectivity index (χ0v) is 10.4. The summed E-state index contributed by atoms with van der Waals surface area (Å²) < 4.78 is 0. The lowest BCUT2D eigenvalue weighted by molar-refractivity contribution is -0.139. The first-order valence-corrected chi connectivity index (χ1v) is 6.12. The normalized spacial score (nSPS) is 20.8. The molecule has 2 N–H and O–H groups in total. The number of unbranched alkanes of at least 4 members (excludes halogenated alkanes) is 3. The quantitative estimate of drug-likeness (QED) is 0.711. The Hall–Kier alpha value is -1.84. The molecule has 1 rings (SSSR count). The van der Waals surface area contributed by atoms with Gasteiger partial charge in [0.15, 0.2) is 0 Å². The topological polar surface area (TPSA) is 74.6 Å². The number of aliphatic carboxylic acids is 2. The summed E-state index contributed by atoms with van der Waals surface area (Å²) in [4.78, 5) is 21.9. The van der Waals surface area contributed by atoms with E-state index in [0.717, 1.165) is 25.7 Å². The van der Waals surface area contributed by atoms with Crippen LogP contribution in [0.3, 0.4) is 0 Å². The number of carboxylic acid groups (broad SMARTS) is 2. The molecular weight excluding hydrogens is 232 g/mol. The lowest BCUT2D eigenvalue weighted by Gasteiger charge is -2.14. The minimum absolute atomic E-state index is 0.134. The minimum Gasteiger partial charge on any atom is -0.481 e. The van der Waals surface area contributed by atoms with Gasteiger partial charge in [-0.15, -0.1) is 0 Å². The van der Waals surface area contributed by atoms with Crippen molar-refractivity contribution in [2.24, 2.45) is 5.92 Å². The standard InChI is InChI=1S/C14H18O4/c1-2-3-4-5-6-10-9-11(13(15)16)7-8-12(10)14(17)18/h6-9,12H,2-5H2,1H3,(H,15,16)(H,17,18). The van der Waals surface area contributed by atoms with Crippen LogP contribution >= 0.6 is 0 Å². The number of allylic oxidation sites excluding steroid dienone is 2. The number of carbonyl (C=O) groups is 2. The molecule has 0 spiro atoms. The highest BCUT2D eigenvalue weighted by molar-refractivity contribution is 5.92. The van der Waals surface area contributed by atoms with E-state index in [9.17, 15) is 9.59 Å². The monoisotopic (exact) mass is 250 g/mol. The fraction of sp³-hybridized carbons (Fsp3) is 0.429. The van der Waals surface area contributed by atoms with Gasteiger partial charge in [0.1, 0.15) is 0 Å². The van der Waals surface area contributed by atoms with Crippen molar-refractivity contribution in [2.75, 3.05) is 0 Å². The van der Waals surface area contributed by atoms with Crippen molar-refractivity contribution < 1.29 is 19.8 Å². The smallest absolute Gasteiger partial charge is 0.335 e. The Morgan fingerprint density at radius 3 is 2.61 bits per heavy atom. The fourth-order valence-corrected chi connectivity index (χ4v) is 1.84. The van der Waals surface area contributed by atoms with Crippen molar-refractivity contribution in [3.8, 4) is 0 Å². The summed E-state index contributed by atoms with van der Waals surface area (Å²) in [6.07, 6.45) is 10.0. The molecule has 1 atom stereocenters. The van der Waals surface area contributed by atoms with E-state index < -0.39 is 17.9 Å². The van der Waals surface area contributed by atoms with Crippen LogP contribution in [0.5, 0.6) is 0 Å². The molecule has 0 saturated heterocycles. The molecule has 0 saturated carbocycles. The van der Waals surface area contributed by atoms with Crippen LogP contribution in [0.25, 0.3) is 0 Å². The predicted molar refractivity (Wildman–Crippen MR) is 68.2 cm³/mol. The van der Waals surface area contributed by atoms with Crippen molar-refractivity contribution in [1.82, 2.24) is 0 Å². The summed E-state index contributed by atoms with van der Waals surface area (Å²) in [5.74, 6) is -2.71. The van der Waals surface area contributed by atoms with Gasteiger partial charge in [-0.2, -0.15) is 0 Å². The third-order valence-corrected chi connectivity index (χ3v) is 2.85. The van der Waals surface area contributed by atoms with Crippen molar-refractivity contribution in [3.05, 3.63) is 35.5 Å². The number of hydrogen-bond donors (Lipinski definition) is 2. The van der Waals surface area contributed by atoms with E-state index in [-0.39, 0.29) is 5.57 Å². The van der Waals surface area contributed by atoms with Crippen LogP contribution in [0.1, 0.15) is 32.6 Å². The number of rotatable bonds is 6. The Bertz CT molecular complexity index is 416. The van der Waals surface area contributed by atoms with Crippen LogP contribution in [-0.2, 0) is 9.59 Å². The Morgan fingerprint density at radius 2 is 2.06 bits per heavy atom. The first kappa shape index (κ1) is 14.2. The predicted octanol–water partition coefficient (Wildman–Crippen LogP) is 2.77. The van der Waals surface area contributed by atoms with Crippen molar-refractivity contribution in [1.29, 1.82) is 0 Å². The Morgan fingerprint density at radius 1 is 1.33 bits per heavy atom. The molecule has 0 aliphatic heterocycles. The van der Waals surface area contributed by atoms with E-state index in [1.54, 1.807) is 0 Å². The molecule has 0 fully saturated rings. The molecule has 0 heterocycles. The van der Waals surface area contributed by atoms with Gasteiger partial charge in [0.2, 0.25) is 0 Å². The Balaban J connectivity index is 2.83. The zero-order chi connectivity index (χ0) is 13.5. The van der Waals surface area contributed by atoms with E-state index in [2.05, 4.69) is 6.92 Å². The number of carboxylic acids is 2. The maximum Gasteiger partial charge on any atom is 0.335 e. The van der Waals surface area contributed by atoms with Crippen LogP contribution in [0.2, 0.25) is 0 Å². The van der Waals surface area contributed by atoms with Crippen LogP contribution in [0, 0.1) is 5.92 Å². The molecule has 1 aliphatic rings. The summed E-state index contributed by atoms with van der Waals surface area (Å²) in [7, 11) is 0. The molecule has 4 heteroatoms. The van der Waals surface area contributed by atoms with Gasteiger partial charge in [-0.3, -0.25) is 4.79 Å². The van der Waals surface area contributed by atoms with Crippen molar-refractivity contribution >= 4 is 11.9 Å². The minimum atomic E-state index is -1.03. The molecule has 0 aromatic carbocycles. The molecule has 0 amide bonds. The summed E-state index contributed by atoms with van der Waals surface area (Å²) in [6.45, 7) is 2.10. The Kier molecular flexibility index (Phi) is 5.36. The molecule has 18 heavy (non-hydrogen) atoms. The van der Waals surface area contributed by atoms with E-state index in [0.29, 0.717) is 5.57 Å². The van der Waals surface area contributed by atoms with E-state index in [1.807, 2.05) is 6.08 Å². The SMILES string of the molecule is CCCCCC=C1C=C(C(=O)O)C=CC1C(=O)O. The van der Waals surface area contributed by atoms with Gasteiger partial charge in [-0.05, 0) is 24.5 Å². The average Bonchev–Trinajstić information content (AvgIpc) is 2.34. The van der Waals surface area contributed by atoms with Crippen molar-refractivity contribution in [3.63, 3.8) is 0 Å². The molecule has 1 unspecified atom stereocenters. The third-order valence-electron chi connectivity index (χ3n) is 2.85. The molecule has 0 bridgehead atoms. The molecule has 0 aromatic rings. The second-order valence-electron chi connectivity index (χ2n) is 4.28. The summed E-state index contributed by atoms with van der Waals surface area (Å²) in [5.41, 5.74) is 0.702. The fourth-order valence-electron chi connectivity index (χ4n) is 1.84. The van der Waals surface area contributed by atoms with Crippen LogP contribution in [0.4, 0.5) is 0 Å². The molecule has 0 radical (unpaired) electrons. The molecular formula is C14H18O4. The van der Waals surface area contributed by atoms with Crippen molar-refractivity contribution in [2.45, 2.75) is 32.6 Å². The van der Waals surface area contributed by atoms with E-state index in [4.69, 9.17) is 10.2 Å². The van der Waals surface area contributed by atoms with Gasteiger partial charge < -0.3 is 10.2 Å². The number of hydrogen-bond acceptors (Lipinski definition) is 2. The van der Waals surface area contributed by atoms with Gasteiger partial charge in [0, 0.05) is 0 Å². The molecule has 98 valence electrons. The van der Waals surface area contributed by atoms with Gasteiger partial charge in [0.25, 0.3) is 0 Å². The average molecular weight is 250 g/mol. The van der Waals surface area contributed by atoms with Crippen LogP contribution in [-0.4, -0.2) is 22.2 Å². The summed E-state index contributed by atoms with van der Waals surface area (Å²) in [6, 6.07) is 0. The molecule has 4 nitrogen and oxygen atoms in total. The highest BCUT2D eigenvalue weighted by atomic mass is 16.4. The van der Waals surface area contributed by atoms with Crippen LogP contribution in [0.15, 0.2) is 35.5 Å². The Labute approximate surface area is 106 Å². The maximum atomic E-state index is 11.1. The third kappa shape index (κ3) is 3.87. The van der Waals surface area contributed by atoms with Gasteiger partial charge >= 0.3 is 11.9 Å².